The fourth-order valence-corrected chi connectivity index (χ4v) is 5.09. The number of amides is 1. The number of methoxy groups -OCH3 is 1. The summed E-state index contributed by atoms with van der Waals surface area (Å²) in [6, 6.07) is 18.3. The molecule has 0 aliphatic carbocycles. The molecule has 8 nitrogen and oxygen atoms in total. The fraction of sp³-hybridized carbons (Fsp3) is 0.148. The van der Waals surface area contributed by atoms with Crippen LogP contribution in [0.2, 0.25) is 0 Å². The summed E-state index contributed by atoms with van der Waals surface area (Å²) in [7, 11) is 1.45. The van der Waals surface area contributed by atoms with E-state index in [4.69, 9.17) is 4.74 Å². The predicted molar refractivity (Wildman–Crippen MR) is 132 cm³/mol. The first-order valence-electron chi connectivity index (χ1n) is 11.4. The molecule has 2 N–H and O–H groups in total. The van der Waals surface area contributed by atoms with Gasteiger partial charge in [0.1, 0.15) is 11.3 Å². The van der Waals surface area contributed by atoms with Crippen LogP contribution in [0.3, 0.4) is 0 Å². The Kier molecular flexibility index (Phi) is 4.81. The lowest BCUT2D eigenvalue weighted by Crippen LogP contribution is -2.40. The summed E-state index contributed by atoms with van der Waals surface area (Å²) in [5.74, 6) is -0.949. The number of rotatable bonds is 4. The lowest BCUT2D eigenvalue weighted by Gasteiger charge is -2.28. The number of aromatic nitrogens is 3. The highest BCUT2D eigenvalue weighted by atomic mass is 16.5. The third-order valence-corrected chi connectivity index (χ3v) is 6.70. The lowest BCUT2D eigenvalue weighted by atomic mass is 10.0. The number of carbonyl (C=O) groups excluding carboxylic acids is 2. The quantitative estimate of drug-likeness (QED) is 0.312. The topological polar surface area (TPSA) is 100 Å². The Morgan fingerprint density at radius 2 is 1.74 bits per heavy atom. The van der Waals surface area contributed by atoms with Gasteiger partial charge in [0.2, 0.25) is 0 Å². The van der Waals surface area contributed by atoms with E-state index in [1.807, 2.05) is 30.3 Å². The van der Waals surface area contributed by atoms with Crippen molar-refractivity contribution in [3.63, 3.8) is 0 Å². The van der Waals surface area contributed by atoms with Crippen LogP contribution in [-0.2, 0) is 17.8 Å². The maximum Gasteiger partial charge on any atom is 0.295 e. The van der Waals surface area contributed by atoms with E-state index in [2.05, 4.69) is 38.8 Å². The third-order valence-electron chi connectivity index (χ3n) is 6.70. The number of carbonyl (C=O) groups is 2. The van der Waals surface area contributed by atoms with E-state index in [1.165, 1.54) is 19.5 Å². The second-order valence-corrected chi connectivity index (χ2v) is 8.56. The van der Waals surface area contributed by atoms with E-state index in [9.17, 15) is 14.4 Å². The normalized spacial score (nSPS) is 13.2. The molecule has 0 saturated heterocycles. The van der Waals surface area contributed by atoms with E-state index >= 15 is 0 Å². The van der Waals surface area contributed by atoms with E-state index in [0.29, 0.717) is 30.6 Å². The molecular formula is C27H22N4O4. The summed E-state index contributed by atoms with van der Waals surface area (Å²) in [4.78, 5) is 45.8. The van der Waals surface area contributed by atoms with Gasteiger partial charge in [0, 0.05) is 54.2 Å². The Morgan fingerprint density at radius 3 is 2.54 bits per heavy atom. The molecule has 0 bridgehead atoms. The second-order valence-electron chi connectivity index (χ2n) is 8.56. The first kappa shape index (κ1) is 21.0. The summed E-state index contributed by atoms with van der Waals surface area (Å²) in [6.07, 6.45) is 3.42. The van der Waals surface area contributed by atoms with Crippen molar-refractivity contribution >= 4 is 33.5 Å². The molecule has 0 atom stereocenters. The van der Waals surface area contributed by atoms with Gasteiger partial charge in [-0.15, -0.1) is 0 Å². The number of aromatic amines is 2. The van der Waals surface area contributed by atoms with Gasteiger partial charge in [-0.3, -0.25) is 14.4 Å². The van der Waals surface area contributed by atoms with Gasteiger partial charge in [0.05, 0.1) is 23.6 Å². The van der Waals surface area contributed by atoms with Crippen LogP contribution in [0.1, 0.15) is 21.6 Å². The van der Waals surface area contributed by atoms with E-state index in [0.717, 1.165) is 27.8 Å². The van der Waals surface area contributed by atoms with Crippen LogP contribution >= 0.6 is 0 Å². The molecule has 35 heavy (non-hydrogen) atoms. The Bertz CT molecular complexity index is 1680. The van der Waals surface area contributed by atoms with Gasteiger partial charge in [-0.05, 0) is 18.2 Å². The third kappa shape index (κ3) is 3.18. The highest BCUT2D eigenvalue weighted by molar-refractivity contribution is 6.45. The van der Waals surface area contributed by atoms with Crippen molar-refractivity contribution in [2.24, 2.45) is 0 Å². The smallest absolute Gasteiger partial charge is 0.295 e. The van der Waals surface area contributed by atoms with Gasteiger partial charge in [-0.1, -0.05) is 36.4 Å². The fourth-order valence-electron chi connectivity index (χ4n) is 5.09. The summed E-state index contributed by atoms with van der Waals surface area (Å²) in [5, 5.41) is 1.38. The van der Waals surface area contributed by atoms with E-state index in [1.54, 1.807) is 4.90 Å². The Balaban J connectivity index is 1.39. The number of nitrogens with one attached hydrogen (secondary N) is 2. The number of ether oxygens (including phenoxy) is 1. The number of benzene rings is 2. The van der Waals surface area contributed by atoms with Crippen molar-refractivity contribution in [1.82, 2.24) is 19.4 Å². The summed E-state index contributed by atoms with van der Waals surface area (Å²) >= 11 is 0. The average molecular weight is 466 g/mol. The van der Waals surface area contributed by atoms with Crippen LogP contribution < -0.4 is 10.3 Å². The molecule has 1 aliphatic heterocycles. The summed E-state index contributed by atoms with van der Waals surface area (Å²) in [5.41, 5.74) is 4.28. The first-order valence-corrected chi connectivity index (χ1v) is 11.4. The Hall–Kier alpha value is -4.59. The molecule has 4 heterocycles. The highest BCUT2D eigenvalue weighted by Gasteiger charge is 2.32. The van der Waals surface area contributed by atoms with Gasteiger partial charge in [-0.25, -0.2) is 0 Å². The summed E-state index contributed by atoms with van der Waals surface area (Å²) < 4.78 is 7.57. The van der Waals surface area contributed by atoms with Gasteiger partial charge in [0.15, 0.2) is 0 Å². The Morgan fingerprint density at radius 1 is 0.971 bits per heavy atom. The molecule has 6 rings (SSSR count). The van der Waals surface area contributed by atoms with Crippen molar-refractivity contribution in [3.05, 3.63) is 94.2 Å². The maximum atomic E-state index is 13.4. The van der Waals surface area contributed by atoms with Crippen molar-refractivity contribution in [2.75, 3.05) is 13.7 Å². The zero-order valence-corrected chi connectivity index (χ0v) is 19.0. The second kappa shape index (κ2) is 8.02. The standard InChI is InChI=1S/C27H22N4O4/c1-35-22-14-29-26(33)24-23(22)18(13-28-24)25(32)27(34)30-12-11-21-19(15-30)17-9-5-6-10-20(17)31(21)16-7-3-2-4-8-16/h2-10,13-14,28H,11-12,15H2,1H3,(H,29,33). The predicted octanol–water partition coefficient (Wildman–Crippen LogP) is 3.58. The number of hydrogen-bond donors (Lipinski definition) is 2. The van der Waals surface area contributed by atoms with Gasteiger partial charge < -0.3 is 24.2 Å². The average Bonchev–Trinajstić information content (AvgIpc) is 3.49. The zero-order chi connectivity index (χ0) is 24.1. The molecule has 1 aliphatic rings. The first-order chi connectivity index (χ1) is 17.1. The molecule has 0 radical (unpaired) electrons. The lowest BCUT2D eigenvalue weighted by molar-refractivity contribution is -0.127. The number of fused-ring (bicyclic) bond motifs is 4. The van der Waals surface area contributed by atoms with Gasteiger partial charge in [0.25, 0.3) is 17.2 Å². The minimum Gasteiger partial charge on any atom is -0.494 e. The SMILES string of the molecule is COc1c[nH]c(=O)c2[nH]cc(C(=O)C(=O)N3CCc4c(c5ccccc5n4-c4ccccc4)C3)c12. The largest absolute Gasteiger partial charge is 0.494 e. The number of nitrogens with zero attached hydrogens (tertiary/aromatic N) is 2. The molecule has 2 aromatic carbocycles. The van der Waals surface area contributed by atoms with Crippen LogP contribution in [0.15, 0.2) is 71.8 Å². The number of Topliss-reactive ketones (excluding diaryl/α,β-unsaturated/α-hetero) is 1. The van der Waals surface area contributed by atoms with Crippen LogP contribution in [0.25, 0.3) is 27.5 Å². The number of pyridine rings is 1. The Labute approximate surface area is 199 Å². The molecule has 0 spiro atoms. The highest BCUT2D eigenvalue weighted by Crippen LogP contribution is 2.34. The van der Waals surface area contributed by atoms with Crippen molar-refractivity contribution in [1.29, 1.82) is 0 Å². The van der Waals surface area contributed by atoms with Gasteiger partial charge in [-0.2, -0.15) is 0 Å². The maximum absolute atomic E-state index is 13.4. The molecule has 3 aromatic heterocycles. The van der Waals surface area contributed by atoms with Crippen LogP contribution in [-0.4, -0.2) is 44.8 Å². The van der Waals surface area contributed by atoms with Crippen LogP contribution in [0, 0.1) is 0 Å². The van der Waals surface area contributed by atoms with E-state index < -0.39 is 11.7 Å². The zero-order valence-electron chi connectivity index (χ0n) is 19.0. The molecular weight excluding hydrogens is 444 g/mol. The van der Waals surface area contributed by atoms with Gasteiger partial charge >= 0.3 is 0 Å². The molecule has 5 aromatic rings. The number of H-pyrrole nitrogens is 2. The monoisotopic (exact) mass is 466 g/mol. The van der Waals surface area contributed by atoms with Crippen molar-refractivity contribution in [2.45, 2.75) is 13.0 Å². The molecule has 1 amide bonds. The van der Waals surface area contributed by atoms with Crippen LogP contribution in [0.5, 0.6) is 5.75 Å². The number of ketones is 1. The molecule has 8 heteroatoms. The van der Waals surface area contributed by atoms with Crippen molar-refractivity contribution < 1.29 is 14.3 Å². The molecule has 0 fully saturated rings. The summed E-state index contributed by atoms with van der Waals surface area (Å²) in [6.45, 7) is 0.751. The minimum absolute atomic E-state index is 0.130. The van der Waals surface area contributed by atoms with E-state index in [-0.39, 0.29) is 16.6 Å². The molecule has 0 saturated carbocycles. The number of para-hydroxylation sites is 2. The number of hydrogen-bond acceptors (Lipinski definition) is 4. The van der Waals surface area contributed by atoms with Crippen molar-refractivity contribution in [3.8, 4) is 11.4 Å². The molecule has 0 unspecified atom stereocenters. The van der Waals surface area contributed by atoms with Crippen LogP contribution in [0.4, 0.5) is 0 Å². The minimum atomic E-state index is -0.671. The molecule has 174 valence electrons.